The van der Waals surface area contributed by atoms with Crippen LogP contribution in [0.2, 0.25) is 0 Å². The van der Waals surface area contributed by atoms with Gasteiger partial charge >= 0.3 is 0 Å². The van der Waals surface area contributed by atoms with Crippen LogP contribution in [0.4, 0.5) is 0 Å². The molecule has 2 aliphatic rings. The van der Waals surface area contributed by atoms with Crippen LogP contribution in [0, 0.1) is 5.41 Å². The molecule has 0 aromatic heterocycles. The second kappa shape index (κ2) is 4.77. The molecule has 3 rings (SSSR count). The molecule has 1 aliphatic heterocycles. The Bertz CT molecular complexity index is 500. The highest BCUT2D eigenvalue weighted by molar-refractivity contribution is 5.46. The molecule has 1 saturated carbocycles. The molecule has 110 valence electrons. The minimum atomic E-state index is 0.110. The summed E-state index contributed by atoms with van der Waals surface area (Å²) < 4.78 is 5.78. The number of hydrogen-bond acceptors (Lipinski definition) is 2. The zero-order chi connectivity index (χ0) is 14.4. The summed E-state index contributed by atoms with van der Waals surface area (Å²) in [5, 5.41) is 0. The van der Waals surface area contributed by atoms with Crippen molar-refractivity contribution in [2.45, 2.75) is 64.3 Å². The van der Waals surface area contributed by atoms with Gasteiger partial charge in [-0.05, 0) is 36.0 Å². The van der Waals surface area contributed by atoms with Crippen molar-refractivity contribution in [2.75, 3.05) is 6.61 Å². The lowest BCUT2D eigenvalue weighted by Crippen LogP contribution is -2.34. The molecule has 1 heterocycles. The molecule has 1 aliphatic carbocycles. The highest BCUT2D eigenvalue weighted by atomic mass is 16.5. The third kappa shape index (κ3) is 2.24. The van der Waals surface area contributed by atoms with E-state index in [1.807, 2.05) is 0 Å². The van der Waals surface area contributed by atoms with E-state index in [-0.39, 0.29) is 16.9 Å². The number of fused-ring (bicyclic) bond motifs is 1. The van der Waals surface area contributed by atoms with Crippen LogP contribution in [0.5, 0.6) is 5.75 Å². The van der Waals surface area contributed by atoms with Crippen LogP contribution in [0.1, 0.15) is 70.0 Å². The van der Waals surface area contributed by atoms with E-state index in [9.17, 15) is 0 Å². The zero-order valence-corrected chi connectivity index (χ0v) is 13.0. The normalized spacial score (nSPS) is 24.8. The Balaban J connectivity index is 1.91. The van der Waals surface area contributed by atoms with Crippen molar-refractivity contribution < 1.29 is 4.74 Å². The average molecular weight is 273 g/mol. The SMILES string of the molecule is CC1(C)COc2ccc(C(N)C3(C)CCCCC3)cc21. The van der Waals surface area contributed by atoms with Crippen LogP contribution in [-0.2, 0) is 5.41 Å². The van der Waals surface area contributed by atoms with Gasteiger partial charge in [-0.1, -0.05) is 46.1 Å². The van der Waals surface area contributed by atoms with Gasteiger partial charge in [-0.3, -0.25) is 0 Å². The summed E-state index contributed by atoms with van der Waals surface area (Å²) in [6.45, 7) is 7.64. The minimum Gasteiger partial charge on any atom is -0.492 e. The number of ether oxygens (including phenoxy) is 1. The van der Waals surface area contributed by atoms with E-state index >= 15 is 0 Å². The Morgan fingerprint density at radius 1 is 1.10 bits per heavy atom. The Labute approximate surface area is 122 Å². The van der Waals surface area contributed by atoms with E-state index in [1.165, 1.54) is 43.2 Å². The van der Waals surface area contributed by atoms with Gasteiger partial charge in [0, 0.05) is 17.0 Å². The summed E-state index contributed by atoms with van der Waals surface area (Å²) in [7, 11) is 0. The molecule has 1 aromatic rings. The van der Waals surface area contributed by atoms with Crippen LogP contribution in [0.25, 0.3) is 0 Å². The maximum absolute atomic E-state index is 6.65. The third-order valence-electron chi connectivity index (χ3n) is 5.43. The molecule has 1 atom stereocenters. The predicted molar refractivity (Wildman–Crippen MR) is 83.1 cm³/mol. The van der Waals surface area contributed by atoms with Crippen LogP contribution in [-0.4, -0.2) is 6.61 Å². The molecular weight excluding hydrogens is 246 g/mol. The lowest BCUT2D eigenvalue weighted by molar-refractivity contribution is 0.170. The molecule has 1 unspecified atom stereocenters. The number of rotatable bonds is 2. The largest absolute Gasteiger partial charge is 0.492 e. The topological polar surface area (TPSA) is 35.2 Å². The lowest BCUT2D eigenvalue weighted by atomic mass is 9.68. The summed E-state index contributed by atoms with van der Waals surface area (Å²) in [6, 6.07) is 6.73. The van der Waals surface area contributed by atoms with Crippen molar-refractivity contribution in [2.24, 2.45) is 11.1 Å². The summed E-state index contributed by atoms with van der Waals surface area (Å²) in [4.78, 5) is 0. The Morgan fingerprint density at radius 3 is 2.50 bits per heavy atom. The van der Waals surface area contributed by atoms with Crippen molar-refractivity contribution in [3.63, 3.8) is 0 Å². The highest BCUT2D eigenvalue weighted by Gasteiger charge is 2.36. The van der Waals surface area contributed by atoms with Crippen LogP contribution >= 0.6 is 0 Å². The standard InChI is InChI=1S/C18H27NO/c1-17(2)12-20-15-8-7-13(11-14(15)17)16(19)18(3)9-5-4-6-10-18/h7-8,11,16H,4-6,9-10,12,19H2,1-3H3. The molecule has 1 aromatic carbocycles. The first kappa shape index (κ1) is 13.9. The van der Waals surface area contributed by atoms with E-state index < -0.39 is 0 Å². The van der Waals surface area contributed by atoms with Gasteiger partial charge in [0.25, 0.3) is 0 Å². The van der Waals surface area contributed by atoms with Gasteiger partial charge < -0.3 is 10.5 Å². The van der Waals surface area contributed by atoms with Crippen molar-refractivity contribution in [3.8, 4) is 5.75 Å². The third-order valence-corrected chi connectivity index (χ3v) is 5.43. The maximum atomic E-state index is 6.65. The smallest absolute Gasteiger partial charge is 0.123 e. The van der Waals surface area contributed by atoms with Crippen LogP contribution in [0.3, 0.4) is 0 Å². The van der Waals surface area contributed by atoms with Gasteiger partial charge in [0.1, 0.15) is 5.75 Å². The first-order valence-electron chi connectivity index (χ1n) is 7.95. The summed E-state index contributed by atoms with van der Waals surface area (Å²) >= 11 is 0. The molecule has 1 fully saturated rings. The molecule has 0 bridgehead atoms. The molecule has 0 spiro atoms. The molecule has 2 nitrogen and oxygen atoms in total. The second-order valence-corrected chi connectivity index (χ2v) is 7.62. The van der Waals surface area contributed by atoms with Crippen molar-refractivity contribution in [3.05, 3.63) is 29.3 Å². The minimum absolute atomic E-state index is 0.110. The quantitative estimate of drug-likeness (QED) is 0.870. The van der Waals surface area contributed by atoms with Crippen LogP contribution < -0.4 is 10.5 Å². The maximum Gasteiger partial charge on any atom is 0.123 e. The van der Waals surface area contributed by atoms with Gasteiger partial charge in [0.05, 0.1) is 6.61 Å². The first-order valence-corrected chi connectivity index (χ1v) is 7.95. The van der Waals surface area contributed by atoms with Gasteiger partial charge in [0.2, 0.25) is 0 Å². The number of benzene rings is 1. The summed E-state index contributed by atoms with van der Waals surface area (Å²) in [6.07, 6.45) is 6.52. The molecule has 20 heavy (non-hydrogen) atoms. The summed E-state index contributed by atoms with van der Waals surface area (Å²) in [5.74, 6) is 1.04. The Kier molecular flexibility index (Phi) is 3.32. The van der Waals surface area contributed by atoms with Gasteiger partial charge in [-0.25, -0.2) is 0 Å². The summed E-state index contributed by atoms with van der Waals surface area (Å²) in [5.41, 5.74) is 9.62. The molecule has 2 N–H and O–H groups in total. The first-order chi connectivity index (χ1) is 9.42. The zero-order valence-electron chi connectivity index (χ0n) is 13.0. The highest BCUT2D eigenvalue weighted by Crippen LogP contribution is 2.46. The van der Waals surface area contributed by atoms with Gasteiger partial charge in [-0.15, -0.1) is 0 Å². The van der Waals surface area contributed by atoms with Crippen molar-refractivity contribution >= 4 is 0 Å². The van der Waals surface area contributed by atoms with E-state index in [4.69, 9.17) is 10.5 Å². The fraction of sp³-hybridized carbons (Fsp3) is 0.667. The van der Waals surface area contributed by atoms with Gasteiger partial charge in [-0.2, -0.15) is 0 Å². The van der Waals surface area contributed by atoms with Crippen molar-refractivity contribution in [1.82, 2.24) is 0 Å². The van der Waals surface area contributed by atoms with E-state index in [0.717, 1.165) is 12.4 Å². The van der Waals surface area contributed by atoms with Crippen molar-refractivity contribution in [1.29, 1.82) is 0 Å². The lowest BCUT2D eigenvalue weighted by Gasteiger charge is -2.39. The second-order valence-electron chi connectivity index (χ2n) is 7.62. The van der Waals surface area contributed by atoms with Crippen LogP contribution in [0.15, 0.2) is 18.2 Å². The fourth-order valence-corrected chi connectivity index (χ4v) is 3.80. The molecule has 2 heteroatoms. The van der Waals surface area contributed by atoms with E-state index in [0.29, 0.717) is 0 Å². The Hall–Kier alpha value is -1.02. The fourth-order valence-electron chi connectivity index (χ4n) is 3.80. The number of nitrogens with two attached hydrogens (primary N) is 1. The van der Waals surface area contributed by atoms with E-state index in [2.05, 4.69) is 39.0 Å². The Morgan fingerprint density at radius 2 is 1.80 bits per heavy atom. The molecule has 0 radical (unpaired) electrons. The molecule has 0 saturated heterocycles. The predicted octanol–water partition coefficient (Wildman–Crippen LogP) is 4.33. The molecular formula is C18H27NO. The monoisotopic (exact) mass is 273 g/mol. The number of hydrogen-bond donors (Lipinski definition) is 1. The average Bonchev–Trinajstić information content (AvgIpc) is 2.74. The van der Waals surface area contributed by atoms with E-state index in [1.54, 1.807) is 0 Å². The molecule has 0 amide bonds. The van der Waals surface area contributed by atoms with Gasteiger partial charge in [0.15, 0.2) is 0 Å².